The van der Waals surface area contributed by atoms with Crippen molar-refractivity contribution in [2.45, 2.75) is 39.2 Å². The fourth-order valence-electron chi connectivity index (χ4n) is 2.53. The van der Waals surface area contributed by atoms with Crippen LogP contribution in [0, 0.1) is 5.82 Å². The predicted octanol–water partition coefficient (Wildman–Crippen LogP) is 4.04. The van der Waals surface area contributed by atoms with Crippen molar-refractivity contribution in [3.8, 4) is 0 Å². The Bertz CT molecular complexity index is 714. The van der Waals surface area contributed by atoms with Gasteiger partial charge in [-0.25, -0.2) is 4.39 Å². The second-order valence-corrected chi connectivity index (χ2v) is 6.65. The molecular weight excluding hydrogens is 442 g/mol. The van der Waals surface area contributed by atoms with Crippen LogP contribution in [0.4, 0.5) is 4.39 Å². The third-order valence-electron chi connectivity index (χ3n) is 4.32. The first-order valence-electron chi connectivity index (χ1n) is 8.59. The fourth-order valence-corrected chi connectivity index (χ4v) is 2.53. The Labute approximate surface area is 172 Å². The number of pyridine rings is 1. The molecule has 0 aliphatic heterocycles. The quantitative estimate of drug-likeness (QED) is 0.381. The molecule has 1 aromatic heterocycles. The van der Waals surface area contributed by atoms with Gasteiger partial charge in [-0.1, -0.05) is 45.0 Å². The van der Waals surface area contributed by atoms with Crippen LogP contribution in [-0.4, -0.2) is 24.5 Å². The molecule has 1 heterocycles. The topological polar surface area (TPSA) is 49.3 Å². The third-order valence-corrected chi connectivity index (χ3v) is 4.32. The first-order chi connectivity index (χ1) is 12.0. The summed E-state index contributed by atoms with van der Waals surface area (Å²) in [5.74, 6) is 0.310. The number of rotatable bonds is 6. The van der Waals surface area contributed by atoms with E-state index < -0.39 is 0 Å². The third kappa shape index (κ3) is 6.23. The normalized spacial score (nSPS) is 11.7. The molecule has 0 bridgehead atoms. The summed E-state index contributed by atoms with van der Waals surface area (Å²) in [6, 6.07) is 11.7. The molecule has 142 valence electrons. The molecular formula is C20H28FIN4. The summed E-state index contributed by atoms with van der Waals surface area (Å²) in [5.41, 5.74) is 2.92. The van der Waals surface area contributed by atoms with E-state index in [0.29, 0.717) is 18.2 Å². The zero-order valence-corrected chi connectivity index (χ0v) is 18.2. The van der Waals surface area contributed by atoms with Crippen molar-refractivity contribution in [2.24, 2.45) is 4.99 Å². The number of nitrogens with zero attached hydrogens (tertiary/aromatic N) is 2. The number of aromatic nitrogens is 1. The van der Waals surface area contributed by atoms with Crippen molar-refractivity contribution in [2.75, 3.05) is 13.6 Å². The van der Waals surface area contributed by atoms with Crippen LogP contribution in [0.1, 0.15) is 37.6 Å². The number of aliphatic imine (C=N–C) groups is 1. The molecule has 4 nitrogen and oxygen atoms in total. The lowest BCUT2D eigenvalue weighted by atomic mass is 9.84. The van der Waals surface area contributed by atoms with E-state index >= 15 is 0 Å². The second-order valence-electron chi connectivity index (χ2n) is 6.65. The summed E-state index contributed by atoms with van der Waals surface area (Å²) >= 11 is 0. The molecule has 0 fully saturated rings. The average Bonchev–Trinajstić information content (AvgIpc) is 2.63. The summed E-state index contributed by atoms with van der Waals surface area (Å²) in [6.07, 6.45) is 2.62. The number of hydrogen-bond acceptors (Lipinski definition) is 2. The molecule has 0 spiro atoms. The largest absolute Gasteiger partial charge is 0.356 e. The van der Waals surface area contributed by atoms with Gasteiger partial charge in [0.2, 0.25) is 0 Å². The standard InChI is InChI=1S/C20H27FN4.HI/c1-5-15-8-10-16(11-9-15)20(2,3)14-25-19(22-4)24-13-18-17(21)7-6-12-23-18;/h6-12H,5,13-14H2,1-4H3,(H2,22,24,25);1H. The van der Waals surface area contributed by atoms with Crippen molar-refractivity contribution < 1.29 is 4.39 Å². The highest BCUT2D eigenvalue weighted by atomic mass is 127. The lowest BCUT2D eigenvalue weighted by Gasteiger charge is -2.27. The molecule has 2 aromatic rings. The minimum absolute atomic E-state index is 0. The minimum atomic E-state index is -0.318. The molecule has 2 N–H and O–H groups in total. The van der Waals surface area contributed by atoms with Gasteiger partial charge in [-0.05, 0) is 29.7 Å². The van der Waals surface area contributed by atoms with Crippen molar-refractivity contribution >= 4 is 29.9 Å². The van der Waals surface area contributed by atoms with Crippen molar-refractivity contribution in [3.05, 3.63) is 65.2 Å². The van der Waals surface area contributed by atoms with Gasteiger partial charge in [0.25, 0.3) is 0 Å². The van der Waals surface area contributed by atoms with Gasteiger partial charge in [0.05, 0.1) is 12.2 Å². The maximum absolute atomic E-state index is 13.6. The van der Waals surface area contributed by atoms with Crippen LogP contribution in [0.15, 0.2) is 47.6 Å². The Balaban J connectivity index is 0.00000338. The van der Waals surface area contributed by atoms with Gasteiger partial charge in [0.1, 0.15) is 5.82 Å². The van der Waals surface area contributed by atoms with Gasteiger partial charge in [0, 0.05) is 25.2 Å². The monoisotopic (exact) mass is 470 g/mol. The first kappa shape index (κ1) is 22.3. The fraction of sp³-hybridized carbons (Fsp3) is 0.400. The number of hydrogen-bond donors (Lipinski definition) is 2. The first-order valence-corrected chi connectivity index (χ1v) is 8.59. The molecule has 26 heavy (non-hydrogen) atoms. The number of aryl methyl sites for hydroxylation is 1. The molecule has 1 aromatic carbocycles. The van der Waals surface area contributed by atoms with E-state index in [1.807, 2.05) is 0 Å². The minimum Gasteiger partial charge on any atom is -0.356 e. The molecule has 0 saturated heterocycles. The van der Waals surface area contributed by atoms with Gasteiger partial charge >= 0.3 is 0 Å². The van der Waals surface area contributed by atoms with E-state index in [1.165, 1.54) is 17.2 Å². The van der Waals surface area contributed by atoms with Gasteiger partial charge in [-0.2, -0.15) is 0 Å². The van der Waals surface area contributed by atoms with Gasteiger partial charge in [0.15, 0.2) is 5.96 Å². The van der Waals surface area contributed by atoms with Crippen LogP contribution < -0.4 is 10.6 Å². The van der Waals surface area contributed by atoms with Crippen molar-refractivity contribution in [1.29, 1.82) is 0 Å². The number of benzene rings is 1. The van der Waals surface area contributed by atoms with E-state index in [4.69, 9.17) is 0 Å². The molecule has 2 rings (SSSR count). The van der Waals surface area contributed by atoms with E-state index in [9.17, 15) is 4.39 Å². The number of guanidine groups is 1. The molecule has 6 heteroatoms. The van der Waals surface area contributed by atoms with Crippen LogP contribution in [0.5, 0.6) is 0 Å². The Hall–Kier alpha value is -1.70. The lowest BCUT2D eigenvalue weighted by molar-refractivity contribution is 0.507. The highest BCUT2D eigenvalue weighted by molar-refractivity contribution is 14.0. The molecule has 0 atom stereocenters. The summed E-state index contributed by atoms with van der Waals surface area (Å²) in [4.78, 5) is 8.24. The van der Waals surface area contributed by atoms with Crippen LogP contribution in [0.25, 0.3) is 0 Å². The number of halogens is 2. The zero-order chi connectivity index (χ0) is 18.3. The van der Waals surface area contributed by atoms with Gasteiger partial charge in [-0.3, -0.25) is 9.98 Å². The summed E-state index contributed by atoms with van der Waals surface area (Å²) in [5, 5.41) is 6.42. The van der Waals surface area contributed by atoms with Crippen molar-refractivity contribution in [1.82, 2.24) is 15.6 Å². The van der Waals surface area contributed by atoms with Crippen LogP contribution in [0.2, 0.25) is 0 Å². The van der Waals surface area contributed by atoms with Crippen LogP contribution in [0.3, 0.4) is 0 Å². The molecule has 0 amide bonds. The SMILES string of the molecule is CCc1ccc(C(C)(C)CNC(=NC)NCc2ncccc2F)cc1.I. The maximum atomic E-state index is 13.6. The van der Waals surface area contributed by atoms with E-state index in [0.717, 1.165) is 6.42 Å². The Morgan fingerprint density at radius 1 is 1.15 bits per heavy atom. The highest BCUT2D eigenvalue weighted by Crippen LogP contribution is 2.22. The zero-order valence-electron chi connectivity index (χ0n) is 15.8. The smallest absolute Gasteiger partial charge is 0.191 e. The predicted molar refractivity (Wildman–Crippen MR) is 117 cm³/mol. The Morgan fingerprint density at radius 2 is 1.85 bits per heavy atom. The van der Waals surface area contributed by atoms with E-state index in [-0.39, 0.29) is 41.8 Å². The van der Waals surface area contributed by atoms with E-state index in [2.05, 4.69) is 65.6 Å². The number of nitrogens with one attached hydrogen (secondary N) is 2. The lowest BCUT2D eigenvalue weighted by Crippen LogP contribution is -2.43. The molecule has 0 saturated carbocycles. The molecule has 0 aliphatic rings. The summed E-state index contributed by atoms with van der Waals surface area (Å²) in [6.45, 7) is 7.53. The Kier molecular flexibility index (Phi) is 8.98. The van der Waals surface area contributed by atoms with Crippen LogP contribution >= 0.6 is 24.0 Å². The van der Waals surface area contributed by atoms with Crippen molar-refractivity contribution in [3.63, 3.8) is 0 Å². The van der Waals surface area contributed by atoms with Gasteiger partial charge in [-0.15, -0.1) is 24.0 Å². The molecule has 0 unspecified atom stereocenters. The highest BCUT2D eigenvalue weighted by Gasteiger charge is 2.21. The molecule has 0 aliphatic carbocycles. The summed E-state index contributed by atoms with van der Waals surface area (Å²) < 4.78 is 13.6. The summed E-state index contributed by atoms with van der Waals surface area (Å²) in [7, 11) is 1.70. The second kappa shape index (κ2) is 10.4. The average molecular weight is 470 g/mol. The van der Waals surface area contributed by atoms with E-state index in [1.54, 1.807) is 19.3 Å². The van der Waals surface area contributed by atoms with Crippen LogP contribution in [-0.2, 0) is 18.4 Å². The Morgan fingerprint density at radius 3 is 2.42 bits per heavy atom. The maximum Gasteiger partial charge on any atom is 0.191 e. The van der Waals surface area contributed by atoms with Gasteiger partial charge < -0.3 is 10.6 Å². The molecule has 0 radical (unpaired) electrons.